The van der Waals surface area contributed by atoms with Crippen molar-refractivity contribution in [1.82, 2.24) is 9.97 Å². The average molecular weight is 274 g/mol. The third kappa shape index (κ3) is 3.29. The summed E-state index contributed by atoms with van der Waals surface area (Å²) in [6, 6.07) is 3.91. The lowest BCUT2D eigenvalue weighted by atomic mass is 9.96. The highest BCUT2D eigenvalue weighted by Crippen LogP contribution is 2.24. The van der Waals surface area contributed by atoms with E-state index in [1.54, 1.807) is 12.5 Å². The summed E-state index contributed by atoms with van der Waals surface area (Å²) in [5.74, 6) is 2.56. The van der Waals surface area contributed by atoms with Gasteiger partial charge in [0, 0.05) is 37.7 Å². The van der Waals surface area contributed by atoms with Crippen molar-refractivity contribution in [3.05, 3.63) is 36.0 Å². The van der Waals surface area contributed by atoms with Gasteiger partial charge in [0.1, 0.15) is 17.5 Å². The number of rotatable bonds is 4. The standard InChI is InChI=1S/C15H22N4O/c1-15(2,3)14-17-12(16-4)8-13(18-14)19(5)9-11-6-7-20-10-11/h6-8,10H,9H2,1-5H3,(H,16,17,18). The number of anilines is 2. The number of hydrogen-bond donors (Lipinski definition) is 1. The second-order valence-corrected chi connectivity index (χ2v) is 5.92. The third-order valence-electron chi connectivity index (χ3n) is 3.03. The Morgan fingerprint density at radius 3 is 2.60 bits per heavy atom. The van der Waals surface area contributed by atoms with Gasteiger partial charge >= 0.3 is 0 Å². The summed E-state index contributed by atoms with van der Waals surface area (Å²) >= 11 is 0. The van der Waals surface area contributed by atoms with E-state index in [-0.39, 0.29) is 5.41 Å². The van der Waals surface area contributed by atoms with Crippen molar-refractivity contribution in [1.29, 1.82) is 0 Å². The molecule has 0 radical (unpaired) electrons. The molecule has 0 fully saturated rings. The first-order valence-corrected chi connectivity index (χ1v) is 6.69. The van der Waals surface area contributed by atoms with Crippen LogP contribution in [0.3, 0.4) is 0 Å². The van der Waals surface area contributed by atoms with Crippen LogP contribution in [0.1, 0.15) is 32.2 Å². The number of nitrogens with one attached hydrogen (secondary N) is 1. The van der Waals surface area contributed by atoms with E-state index < -0.39 is 0 Å². The molecule has 2 aromatic rings. The summed E-state index contributed by atoms with van der Waals surface area (Å²) in [6.07, 6.45) is 3.43. The molecule has 0 aromatic carbocycles. The molecule has 108 valence electrons. The van der Waals surface area contributed by atoms with E-state index >= 15 is 0 Å². The Morgan fingerprint density at radius 1 is 1.30 bits per heavy atom. The van der Waals surface area contributed by atoms with Gasteiger partial charge < -0.3 is 14.6 Å². The molecule has 0 bridgehead atoms. The van der Waals surface area contributed by atoms with Crippen LogP contribution in [0, 0.1) is 0 Å². The van der Waals surface area contributed by atoms with E-state index in [1.807, 2.05) is 26.2 Å². The van der Waals surface area contributed by atoms with Crippen LogP contribution in [0.2, 0.25) is 0 Å². The highest BCUT2D eigenvalue weighted by atomic mass is 16.3. The highest BCUT2D eigenvalue weighted by molar-refractivity contribution is 5.49. The van der Waals surface area contributed by atoms with Gasteiger partial charge in [-0.2, -0.15) is 0 Å². The molecule has 0 amide bonds. The SMILES string of the molecule is CNc1cc(N(C)Cc2ccoc2)nc(C(C)(C)C)n1. The van der Waals surface area contributed by atoms with Crippen molar-refractivity contribution in [2.75, 3.05) is 24.3 Å². The Bertz CT molecular complexity index is 558. The van der Waals surface area contributed by atoms with Gasteiger partial charge in [0.2, 0.25) is 0 Å². The van der Waals surface area contributed by atoms with Crippen LogP contribution in [0.5, 0.6) is 0 Å². The summed E-state index contributed by atoms with van der Waals surface area (Å²) in [6.45, 7) is 7.09. The van der Waals surface area contributed by atoms with E-state index in [9.17, 15) is 0 Å². The largest absolute Gasteiger partial charge is 0.472 e. The summed E-state index contributed by atoms with van der Waals surface area (Å²) in [5.41, 5.74) is 1.03. The first-order valence-electron chi connectivity index (χ1n) is 6.69. The number of hydrogen-bond acceptors (Lipinski definition) is 5. The van der Waals surface area contributed by atoms with Crippen molar-refractivity contribution in [3.63, 3.8) is 0 Å². The van der Waals surface area contributed by atoms with Crippen LogP contribution in [-0.4, -0.2) is 24.1 Å². The smallest absolute Gasteiger partial charge is 0.138 e. The van der Waals surface area contributed by atoms with Crippen LogP contribution in [0.4, 0.5) is 11.6 Å². The molecular weight excluding hydrogens is 252 g/mol. The minimum absolute atomic E-state index is 0.0852. The summed E-state index contributed by atoms with van der Waals surface area (Å²) in [7, 11) is 3.88. The highest BCUT2D eigenvalue weighted by Gasteiger charge is 2.20. The molecule has 20 heavy (non-hydrogen) atoms. The number of aromatic nitrogens is 2. The van der Waals surface area contributed by atoms with Gasteiger partial charge in [-0.05, 0) is 6.07 Å². The van der Waals surface area contributed by atoms with Crippen molar-refractivity contribution in [3.8, 4) is 0 Å². The van der Waals surface area contributed by atoms with Crippen molar-refractivity contribution in [2.45, 2.75) is 32.7 Å². The second kappa shape index (κ2) is 5.53. The summed E-state index contributed by atoms with van der Waals surface area (Å²) < 4.78 is 5.10. The average Bonchev–Trinajstić information content (AvgIpc) is 2.90. The molecule has 0 aliphatic heterocycles. The van der Waals surface area contributed by atoms with Crippen molar-refractivity contribution < 1.29 is 4.42 Å². The Labute approximate surface area is 120 Å². The van der Waals surface area contributed by atoms with Crippen molar-refractivity contribution in [2.24, 2.45) is 0 Å². The minimum Gasteiger partial charge on any atom is -0.472 e. The van der Waals surface area contributed by atoms with Gasteiger partial charge in [0.25, 0.3) is 0 Å². The normalized spacial score (nSPS) is 11.4. The van der Waals surface area contributed by atoms with Gasteiger partial charge in [-0.15, -0.1) is 0 Å². The van der Waals surface area contributed by atoms with Crippen LogP contribution in [0.15, 0.2) is 29.1 Å². The quantitative estimate of drug-likeness (QED) is 0.928. The predicted molar refractivity (Wildman–Crippen MR) is 81.1 cm³/mol. The molecule has 0 unspecified atom stereocenters. The lowest BCUT2D eigenvalue weighted by Crippen LogP contribution is -2.22. The summed E-state index contributed by atoms with van der Waals surface area (Å²) in [4.78, 5) is 11.3. The maximum Gasteiger partial charge on any atom is 0.138 e. The molecule has 0 aliphatic rings. The first kappa shape index (κ1) is 14.4. The zero-order valence-electron chi connectivity index (χ0n) is 12.8. The Balaban J connectivity index is 2.30. The Hall–Kier alpha value is -2.04. The van der Waals surface area contributed by atoms with E-state index in [4.69, 9.17) is 4.42 Å². The second-order valence-electron chi connectivity index (χ2n) is 5.92. The van der Waals surface area contributed by atoms with Gasteiger partial charge in [0.15, 0.2) is 0 Å². The molecule has 0 atom stereocenters. The van der Waals surface area contributed by atoms with E-state index in [0.717, 1.165) is 29.6 Å². The topological polar surface area (TPSA) is 54.2 Å². The number of nitrogens with zero attached hydrogens (tertiary/aromatic N) is 3. The fraction of sp³-hybridized carbons (Fsp3) is 0.467. The van der Waals surface area contributed by atoms with E-state index in [1.165, 1.54) is 0 Å². The molecule has 0 aliphatic carbocycles. The van der Waals surface area contributed by atoms with Crippen LogP contribution < -0.4 is 10.2 Å². The molecule has 2 heterocycles. The maximum absolute atomic E-state index is 5.10. The zero-order valence-corrected chi connectivity index (χ0v) is 12.8. The van der Waals surface area contributed by atoms with Crippen LogP contribution >= 0.6 is 0 Å². The molecule has 1 N–H and O–H groups in total. The molecule has 0 saturated carbocycles. The van der Waals surface area contributed by atoms with Crippen LogP contribution in [-0.2, 0) is 12.0 Å². The Kier molecular flexibility index (Phi) is 3.97. The lowest BCUT2D eigenvalue weighted by molar-refractivity contribution is 0.545. The molecule has 0 spiro atoms. The van der Waals surface area contributed by atoms with Crippen molar-refractivity contribution >= 4 is 11.6 Å². The molecule has 5 heteroatoms. The molecule has 0 saturated heterocycles. The van der Waals surface area contributed by atoms with Crippen LogP contribution in [0.25, 0.3) is 0 Å². The third-order valence-corrected chi connectivity index (χ3v) is 3.03. The lowest BCUT2D eigenvalue weighted by Gasteiger charge is -2.22. The summed E-state index contributed by atoms with van der Waals surface area (Å²) in [5, 5.41) is 3.10. The molecule has 2 rings (SSSR count). The Morgan fingerprint density at radius 2 is 2.05 bits per heavy atom. The maximum atomic E-state index is 5.10. The molecule has 5 nitrogen and oxygen atoms in total. The van der Waals surface area contributed by atoms with Gasteiger partial charge in [0.05, 0.1) is 12.5 Å². The minimum atomic E-state index is -0.0852. The fourth-order valence-electron chi connectivity index (χ4n) is 1.83. The van der Waals surface area contributed by atoms with E-state index in [0.29, 0.717) is 0 Å². The first-order chi connectivity index (χ1) is 9.40. The predicted octanol–water partition coefficient (Wildman–Crippen LogP) is 3.05. The van der Waals surface area contributed by atoms with Gasteiger partial charge in [-0.25, -0.2) is 9.97 Å². The van der Waals surface area contributed by atoms with Gasteiger partial charge in [-0.3, -0.25) is 0 Å². The molecule has 2 aromatic heterocycles. The van der Waals surface area contributed by atoms with Gasteiger partial charge in [-0.1, -0.05) is 20.8 Å². The fourth-order valence-corrected chi connectivity index (χ4v) is 1.83. The monoisotopic (exact) mass is 274 g/mol. The molecular formula is C15H22N4O. The van der Waals surface area contributed by atoms with E-state index in [2.05, 4.69) is 41.0 Å². The zero-order chi connectivity index (χ0) is 14.8. The number of furan rings is 1.